The normalized spacial score (nSPS) is 22.7. The second kappa shape index (κ2) is 15.2. The Bertz CT molecular complexity index is 1080. The van der Waals surface area contributed by atoms with Crippen LogP contribution in [0.5, 0.6) is 0 Å². The van der Waals surface area contributed by atoms with E-state index in [1.165, 1.54) is 151 Å². The summed E-state index contributed by atoms with van der Waals surface area (Å²) in [6, 6.07) is 20.0. The van der Waals surface area contributed by atoms with Crippen LogP contribution in [0.1, 0.15) is 140 Å². The number of hydrogen-bond acceptors (Lipinski definition) is 2. The topological polar surface area (TPSA) is 48.8 Å². The van der Waals surface area contributed by atoms with Gasteiger partial charge in [-0.1, -0.05) is 126 Å². The van der Waals surface area contributed by atoms with Crippen molar-refractivity contribution in [1.82, 2.24) is 10.6 Å². The number of benzene rings is 2. The van der Waals surface area contributed by atoms with Gasteiger partial charge in [-0.2, -0.15) is 0 Å². The SMILES string of the molecule is c1ccc(-c2ccccc2C(=NC2CCCCC2)NC2CCCCC2)c(C(=NC2CCCCC2)NC2CCCCC2)c1. The zero-order valence-electron chi connectivity index (χ0n) is 26.0. The highest BCUT2D eigenvalue weighted by atomic mass is 15.0. The molecular formula is C38H54N4. The second-order valence-corrected chi connectivity index (χ2v) is 13.6. The van der Waals surface area contributed by atoms with Crippen LogP contribution in [-0.2, 0) is 0 Å². The lowest BCUT2D eigenvalue weighted by Crippen LogP contribution is -2.38. The lowest BCUT2D eigenvalue weighted by Gasteiger charge is -2.29. The number of aliphatic imine (C=N–C) groups is 2. The van der Waals surface area contributed by atoms with Crippen LogP contribution in [0.15, 0.2) is 58.5 Å². The molecule has 0 aliphatic heterocycles. The highest BCUT2D eigenvalue weighted by Crippen LogP contribution is 2.31. The number of hydrogen-bond donors (Lipinski definition) is 2. The van der Waals surface area contributed by atoms with E-state index in [-0.39, 0.29) is 0 Å². The lowest BCUT2D eigenvalue weighted by molar-refractivity contribution is 0.409. The number of nitrogens with one attached hydrogen (secondary N) is 2. The number of nitrogens with zero attached hydrogens (tertiary/aromatic N) is 2. The summed E-state index contributed by atoms with van der Waals surface area (Å²) in [5.41, 5.74) is 5.09. The van der Waals surface area contributed by atoms with Crippen molar-refractivity contribution in [2.75, 3.05) is 0 Å². The molecule has 6 rings (SSSR count). The van der Waals surface area contributed by atoms with Crippen molar-refractivity contribution in [3.8, 4) is 11.1 Å². The summed E-state index contributed by atoms with van der Waals surface area (Å²) in [5, 5.41) is 8.03. The summed E-state index contributed by atoms with van der Waals surface area (Å²) < 4.78 is 0. The van der Waals surface area contributed by atoms with Crippen LogP contribution < -0.4 is 10.6 Å². The van der Waals surface area contributed by atoms with Crippen molar-refractivity contribution in [3.05, 3.63) is 59.7 Å². The molecule has 2 aromatic rings. The van der Waals surface area contributed by atoms with Crippen LogP contribution in [0.25, 0.3) is 11.1 Å². The molecule has 4 aliphatic carbocycles. The maximum Gasteiger partial charge on any atom is 0.129 e. The monoisotopic (exact) mass is 566 g/mol. The van der Waals surface area contributed by atoms with E-state index in [0.29, 0.717) is 24.2 Å². The number of rotatable bonds is 7. The van der Waals surface area contributed by atoms with Gasteiger partial charge in [-0.25, -0.2) is 0 Å². The minimum absolute atomic E-state index is 0.435. The van der Waals surface area contributed by atoms with E-state index in [1.807, 2.05) is 0 Å². The lowest BCUT2D eigenvalue weighted by atomic mass is 9.91. The smallest absolute Gasteiger partial charge is 0.129 e. The Kier molecular flexibility index (Phi) is 10.7. The fourth-order valence-corrected chi connectivity index (χ4v) is 7.88. The van der Waals surface area contributed by atoms with Gasteiger partial charge in [0.25, 0.3) is 0 Å². The first-order chi connectivity index (χ1) is 20.8. The van der Waals surface area contributed by atoms with Gasteiger partial charge in [0.1, 0.15) is 11.7 Å². The molecule has 0 saturated heterocycles. The number of amidine groups is 2. The Morgan fingerprint density at radius 1 is 0.429 bits per heavy atom. The fraction of sp³-hybridized carbons (Fsp3) is 0.632. The largest absolute Gasteiger partial charge is 0.367 e. The third-order valence-electron chi connectivity index (χ3n) is 10.3. The van der Waals surface area contributed by atoms with Crippen LogP contribution in [0.3, 0.4) is 0 Å². The second-order valence-electron chi connectivity index (χ2n) is 13.6. The predicted octanol–water partition coefficient (Wildman–Crippen LogP) is 9.36. The summed E-state index contributed by atoms with van der Waals surface area (Å²) in [6.07, 6.45) is 25.9. The Morgan fingerprint density at radius 2 is 0.762 bits per heavy atom. The van der Waals surface area contributed by atoms with E-state index in [9.17, 15) is 0 Å². The Hall–Kier alpha value is -2.62. The van der Waals surface area contributed by atoms with Gasteiger partial charge in [-0.15, -0.1) is 0 Å². The summed E-state index contributed by atoms with van der Waals surface area (Å²) in [7, 11) is 0. The van der Waals surface area contributed by atoms with Crippen LogP contribution in [0, 0.1) is 0 Å². The molecule has 4 nitrogen and oxygen atoms in total. The van der Waals surface area contributed by atoms with E-state index in [4.69, 9.17) is 9.98 Å². The molecule has 0 bridgehead atoms. The van der Waals surface area contributed by atoms with Crippen LogP contribution in [-0.4, -0.2) is 35.8 Å². The van der Waals surface area contributed by atoms with Gasteiger partial charge in [0.15, 0.2) is 0 Å². The molecule has 42 heavy (non-hydrogen) atoms. The van der Waals surface area contributed by atoms with E-state index < -0.39 is 0 Å². The standard InChI is InChI=1S/C38H54N4/c1-5-17-29(18-6-1)39-37(40-30-19-7-2-8-20-30)35-27-15-13-25-33(35)34-26-14-16-28-36(34)38(41-31-21-9-3-10-22-31)42-32-23-11-4-12-24-32/h13-16,25-32H,1-12,17-24H2,(H,39,40)(H,41,42). The van der Waals surface area contributed by atoms with E-state index in [0.717, 1.165) is 11.7 Å². The van der Waals surface area contributed by atoms with Crippen LogP contribution in [0.2, 0.25) is 0 Å². The highest BCUT2D eigenvalue weighted by molar-refractivity contribution is 6.09. The minimum Gasteiger partial charge on any atom is -0.367 e. The fourth-order valence-electron chi connectivity index (χ4n) is 7.88. The van der Waals surface area contributed by atoms with E-state index in [2.05, 4.69) is 59.2 Å². The molecule has 0 aromatic heterocycles. The molecular weight excluding hydrogens is 512 g/mol. The molecule has 0 heterocycles. The maximum absolute atomic E-state index is 5.51. The van der Waals surface area contributed by atoms with Crippen molar-refractivity contribution >= 4 is 11.7 Å². The zero-order chi connectivity index (χ0) is 28.4. The molecule has 4 aliphatic rings. The molecule has 4 heteroatoms. The maximum atomic E-state index is 5.51. The molecule has 0 spiro atoms. The zero-order valence-corrected chi connectivity index (χ0v) is 26.0. The summed E-state index contributed by atoms with van der Waals surface area (Å²) >= 11 is 0. The molecule has 0 amide bonds. The average Bonchev–Trinajstić information content (AvgIpc) is 3.06. The van der Waals surface area contributed by atoms with Gasteiger partial charge < -0.3 is 10.6 Å². The molecule has 0 atom stereocenters. The van der Waals surface area contributed by atoms with Crippen molar-refractivity contribution in [1.29, 1.82) is 0 Å². The molecule has 4 fully saturated rings. The first kappa shape index (κ1) is 29.5. The first-order valence-corrected chi connectivity index (χ1v) is 17.7. The van der Waals surface area contributed by atoms with E-state index in [1.54, 1.807) is 0 Å². The molecule has 4 saturated carbocycles. The van der Waals surface area contributed by atoms with Crippen molar-refractivity contribution < 1.29 is 0 Å². The summed E-state index contributed by atoms with van der Waals surface area (Å²) in [4.78, 5) is 11.0. The van der Waals surface area contributed by atoms with Gasteiger partial charge in [0.05, 0.1) is 12.1 Å². The molecule has 0 radical (unpaired) electrons. The Morgan fingerprint density at radius 3 is 1.14 bits per heavy atom. The quantitative estimate of drug-likeness (QED) is 0.259. The summed E-state index contributed by atoms with van der Waals surface area (Å²) in [5.74, 6) is 2.26. The third kappa shape index (κ3) is 7.85. The third-order valence-corrected chi connectivity index (χ3v) is 10.3. The molecule has 226 valence electrons. The Balaban J connectivity index is 1.39. The molecule has 2 aromatic carbocycles. The van der Waals surface area contributed by atoms with Crippen LogP contribution in [0.4, 0.5) is 0 Å². The van der Waals surface area contributed by atoms with Crippen molar-refractivity contribution in [3.63, 3.8) is 0 Å². The van der Waals surface area contributed by atoms with Crippen molar-refractivity contribution in [2.24, 2.45) is 9.98 Å². The molecule has 0 unspecified atom stereocenters. The van der Waals surface area contributed by atoms with Gasteiger partial charge in [-0.05, 0) is 62.5 Å². The first-order valence-electron chi connectivity index (χ1n) is 17.7. The van der Waals surface area contributed by atoms with E-state index >= 15 is 0 Å². The van der Waals surface area contributed by atoms with Gasteiger partial charge in [-0.3, -0.25) is 9.98 Å². The summed E-state index contributed by atoms with van der Waals surface area (Å²) in [6.45, 7) is 0. The van der Waals surface area contributed by atoms with Gasteiger partial charge >= 0.3 is 0 Å². The van der Waals surface area contributed by atoms with Gasteiger partial charge in [0, 0.05) is 23.2 Å². The Labute approximate surface area is 255 Å². The predicted molar refractivity (Wildman–Crippen MR) is 179 cm³/mol. The highest BCUT2D eigenvalue weighted by Gasteiger charge is 2.24. The van der Waals surface area contributed by atoms with Crippen LogP contribution >= 0.6 is 0 Å². The van der Waals surface area contributed by atoms with Crippen molar-refractivity contribution in [2.45, 2.75) is 153 Å². The average molecular weight is 567 g/mol. The van der Waals surface area contributed by atoms with Gasteiger partial charge in [0.2, 0.25) is 0 Å². The molecule has 2 N–H and O–H groups in total. The minimum atomic E-state index is 0.435.